The zero-order valence-corrected chi connectivity index (χ0v) is 27.0. The fourth-order valence-electron chi connectivity index (χ4n) is 5.56. The zero-order chi connectivity index (χ0) is 28.4. The molecule has 1 saturated carbocycles. The van der Waals surface area contributed by atoms with Crippen LogP contribution < -0.4 is 5.32 Å². The highest BCUT2D eigenvalue weighted by Crippen LogP contribution is 2.35. The highest BCUT2D eigenvalue weighted by atomic mass is 79.9. The van der Waals surface area contributed by atoms with Crippen LogP contribution in [0.15, 0.2) is 0 Å². The van der Waals surface area contributed by atoms with Gasteiger partial charge in [-0.3, -0.25) is 9.59 Å². The molecular weight excluding hydrogens is 542 g/mol. The molecular formula is C32H60BrNO4. The average Bonchev–Trinajstić information content (AvgIpc) is 2.88. The molecule has 5 nitrogen and oxygen atoms in total. The maximum atomic E-state index is 13.3. The van der Waals surface area contributed by atoms with Crippen LogP contribution in [0.1, 0.15) is 137 Å². The van der Waals surface area contributed by atoms with Crippen molar-refractivity contribution in [3.05, 3.63) is 0 Å². The monoisotopic (exact) mass is 601 g/mol. The molecule has 224 valence electrons. The standard InChI is InChI=1S/C32H60BrNO4/c1-25-17-15-13-11-9-7-6-8-10-12-14-16-18-28(20-19-25)24-38-31(37)32(4,5)26(2)23-29(27(3)33)30(36)34-21-22-35/h25-29,35H,6-24H2,1-5H3,(H,34,36). The molecule has 38 heavy (non-hydrogen) atoms. The number of hydrogen-bond donors (Lipinski definition) is 2. The van der Waals surface area contributed by atoms with Gasteiger partial charge in [-0.05, 0) is 50.9 Å². The van der Waals surface area contributed by atoms with E-state index in [1.54, 1.807) is 0 Å². The number of amides is 1. The van der Waals surface area contributed by atoms with Crippen LogP contribution in [0.4, 0.5) is 0 Å². The summed E-state index contributed by atoms with van der Waals surface area (Å²) in [5.74, 6) is 0.625. The van der Waals surface area contributed by atoms with Gasteiger partial charge in [0.25, 0.3) is 0 Å². The molecule has 1 amide bonds. The van der Waals surface area contributed by atoms with Gasteiger partial charge in [-0.25, -0.2) is 0 Å². The van der Waals surface area contributed by atoms with Gasteiger partial charge in [0, 0.05) is 11.4 Å². The SMILES string of the molecule is CC1CCCCCCCCCCCCCC(COC(=O)C(C)(C)C(C)CC(C(=O)NCCO)C(C)Br)CC1. The Morgan fingerprint density at radius 1 is 0.895 bits per heavy atom. The number of nitrogens with one attached hydrogen (secondary N) is 1. The largest absolute Gasteiger partial charge is 0.465 e. The van der Waals surface area contributed by atoms with E-state index in [4.69, 9.17) is 9.84 Å². The lowest BCUT2D eigenvalue weighted by Crippen LogP contribution is -2.41. The summed E-state index contributed by atoms with van der Waals surface area (Å²) in [5.41, 5.74) is -0.679. The van der Waals surface area contributed by atoms with Gasteiger partial charge in [-0.2, -0.15) is 0 Å². The zero-order valence-electron chi connectivity index (χ0n) is 25.4. The summed E-state index contributed by atoms with van der Waals surface area (Å²) < 4.78 is 6.01. The molecule has 0 heterocycles. The molecule has 6 heteroatoms. The van der Waals surface area contributed by atoms with Crippen molar-refractivity contribution >= 4 is 27.8 Å². The summed E-state index contributed by atoms with van der Waals surface area (Å²) in [5, 5.41) is 11.8. The van der Waals surface area contributed by atoms with Crippen LogP contribution in [0, 0.1) is 29.1 Å². The van der Waals surface area contributed by atoms with Crippen molar-refractivity contribution < 1.29 is 19.4 Å². The molecule has 0 aromatic rings. The smallest absolute Gasteiger partial charge is 0.311 e. The van der Waals surface area contributed by atoms with E-state index in [0.29, 0.717) is 18.9 Å². The molecule has 0 aliphatic heterocycles. The van der Waals surface area contributed by atoms with Crippen LogP contribution >= 0.6 is 15.9 Å². The summed E-state index contributed by atoms with van der Waals surface area (Å²) in [6, 6.07) is 0. The first-order valence-corrected chi connectivity index (χ1v) is 16.7. The molecule has 1 rings (SSSR count). The van der Waals surface area contributed by atoms with Gasteiger partial charge in [0.1, 0.15) is 0 Å². The van der Waals surface area contributed by atoms with Crippen molar-refractivity contribution in [1.29, 1.82) is 0 Å². The highest BCUT2D eigenvalue weighted by molar-refractivity contribution is 9.09. The van der Waals surface area contributed by atoms with Gasteiger partial charge in [-0.15, -0.1) is 0 Å². The fraction of sp³-hybridized carbons (Fsp3) is 0.938. The average molecular weight is 603 g/mol. The van der Waals surface area contributed by atoms with E-state index in [0.717, 1.165) is 18.8 Å². The number of esters is 1. The van der Waals surface area contributed by atoms with E-state index < -0.39 is 5.41 Å². The Labute approximate surface area is 243 Å². The van der Waals surface area contributed by atoms with Gasteiger partial charge < -0.3 is 15.2 Å². The third kappa shape index (κ3) is 14.7. The Bertz CT molecular complexity index is 639. The van der Waals surface area contributed by atoms with Crippen molar-refractivity contribution in [1.82, 2.24) is 5.32 Å². The van der Waals surface area contributed by atoms with Crippen molar-refractivity contribution in [2.45, 2.75) is 142 Å². The summed E-state index contributed by atoms with van der Waals surface area (Å²) >= 11 is 3.57. The lowest BCUT2D eigenvalue weighted by Gasteiger charge is -2.33. The van der Waals surface area contributed by atoms with E-state index in [1.165, 1.54) is 83.5 Å². The Kier molecular flexibility index (Phi) is 18.9. The summed E-state index contributed by atoms with van der Waals surface area (Å²) in [7, 11) is 0. The van der Waals surface area contributed by atoms with Gasteiger partial charge in [0.05, 0.1) is 24.5 Å². The molecule has 0 bridgehead atoms. The molecule has 0 aromatic heterocycles. The van der Waals surface area contributed by atoms with Crippen LogP contribution in [0.3, 0.4) is 0 Å². The highest BCUT2D eigenvalue weighted by Gasteiger charge is 2.39. The van der Waals surface area contributed by atoms with E-state index in [2.05, 4.69) is 28.2 Å². The van der Waals surface area contributed by atoms with Gasteiger partial charge in [-0.1, -0.05) is 120 Å². The number of carbonyl (C=O) groups excluding carboxylic acids is 2. The number of aliphatic hydroxyl groups excluding tert-OH is 1. The predicted octanol–water partition coefficient (Wildman–Crippen LogP) is 8.21. The Balaban J connectivity index is 2.68. The van der Waals surface area contributed by atoms with E-state index in [9.17, 15) is 9.59 Å². The number of ether oxygens (including phenoxy) is 1. The number of hydrogen-bond acceptors (Lipinski definition) is 4. The third-order valence-electron chi connectivity index (χ3n) is 8.99. The van der Waals surface area contributed by atoms with E-state index in [-0.39, 0.29) is 41.7 Å². The Morgan fingerprint density at radius 3 is 1.95 bits per heavy atom. The van der Waals surface area contributed by atoms with Crippen molar-refractivity contribution in [2.75, 3.05) is 19.8 Å². The van der Waals surface area contributed by atoms with Gasteiger partial charge in [0.2, 0.25) is 5.91 Å². The first-order valence-electron chi connectivity index (χ1n) is 15.8. The topological polar surface area (TPSA) is 75.6 Å². The first-order chi connectivity index (χ1) is 18.1. The molecule has 5 unspecified atom stereocenters. The van der Waals surface area contributed by atoms with E-state index in [1.807, 2.05) is 27.7 Å². The lowest BCUT2D eigenvalue weighted by atomic mass is 9.74. The molecule has 1 fully saturated rings. The minimum atomic E-state index is -0.679. The van der Waals surface area contributed by atoms with Crippen LogP contribution in [-0.2, 0) is 14.3 Å². The number of aliphatic hydroxyl groups is 1. The second-order valence-electron chi connectivity index (χ2n) is 12.8. The number of alkyl halides is 1. The molecule has 0 aromatic carbocycles. The molecule has 0 spiro atoms. The minimum Gasteiger partial charge on any atom is -0.465 e. The summed E-state index contributed by atoms with van der Waals surface area (Å²) in [6.07, 6.45) is 20.3. The Morgan fingerprint density at radius 2 is 1.42 bits per heavy atom. The quantitative estimate of drug-likeness (QED) is 0.195. The molecule has 0 saturated heterocycles. The second kappa shape index (κ2) is 20.3. The number of halogens is 1. The maximum absolute atomic E-state index is 13.3. The normalized spacial score (nSPS) is 24.0. The van der Waals surface area contributed by atoms with Gasteiger partial charge >= 0.3 is 5.97 Å². The first kappa shape index (κ1) is 35.4. The number of carbonyl (C=O) groups is 2. The second-order valence-corrected chi connectivity index (χ2v) is 14.2. The van der Waals surface area contributed by atoms with E-state index >= 15 is 0 Å². The molecule has 5 atom stereocenters. The third-order valence-corrected chi connectivity index (χ3v) is 9.63. The lowest BCUT2D eigenvalue weighted by molar-refractivity contribution is -0.159. The minimum absolute atomic E-state index is 0.0269. The van der Waals surface area contributed by atoms with Crippen LogP contribution in [0.2, 0.25) is 0 Å². The van der Waals surface area contributed by atoms with Gasteiger partial charge in [0.15, 0.2) is 0 Å². The van der Waals surface area contributed by atoms with Crippen molar-refractivity contribution in [3.8, 4) is 0 Å². The Hall–Kier alpha value is -0.620. The van der Waals surface area contributed by atoms with Crippen LogP contribution in [0.25, 0.3) is 0 Å². The van der Waals surface area contributed by atoms with Crippen LogP contribution in [-0.4, -0.2) is 41.6 Å². The summed E-state index contributed by atoms with van der Waals surface area (Å²) in [4.78, 5) is 25.9. The van der Waals surface area contributed by atoms with Crippen LogP contribution in [0.5, 0.6) is 0 Å². The van der Waals surface area contributed by atoms with Crippen molar-refractivity contribution in [2.24, 2.45) is 29.1 Å². The molecule has 0 radical (unpaired) electrons. The van der Waals surface area contributed by atoms with Crippen molar-refractivity contribution in [3.63, 3.8) is 0 Å². The number of rotatable bonds is 10. The molecule has 1 aliphatic rings. The molecule has 1 aliphatic carbocycles. The maximum Gasteiger partial charge on any atom is 0.311 e. The molecule has 2 N–H and O–H groups in total. The summed E-state index contributed by atoms with van der Waals surface area (Å²) in [6.45, 7) is 11.0. The predicted molar refractivity (Wildman–Crippen MR) is 162 cm³/mol. The fourth-order valence-corrected chi connectivity index (χ4v) is 6.02.